The third-order valence-electron chi connectivity index (χ3n) is 5.14. The molecule has 1 amide bonds. The molecule has 2 aliphatic rings. The summed E-state index contributed by atoms with van der Waals surface area (Å²) in [6.45, 7) is 3.80. The summed E-state index contributed by atoms with van der Waals surface area (Å²) in [5.41, 5.74) is 2.15. The fourth-order valence-electron chi connectivity index (χ4n) is 3.66. The monoisotopic (exact) mass is 346 g/mol. The van der Waals surface area contributed by atoms with Crippen molar-refractivity contribution in [3.8, 4) is 5.75 Å². The Balaban J connectivity index is 1.47. The summed E-state index contributed by atoms with van der Waals surface area (Å²) in [6.07, 6.45) is 5.50. The number of nitrogens with zero attached hydrogens (tertiary/aromatic N) is 1. The van der Waals surface area contributed by atoms with E-state index >= 15 is 0 Å². The van der Waals surface area contributed by atoms with Gasteiger partial charge >= 0.3 is 11.9 Å². The molecule has 0 bridgehead atoms. The number of rotatable bonds is 5. The molecule has 0 aliphatic carbocycles. The molecule has 25 heavy (non-hydrogen) atoms. The molecule has 3 rings (SSSR count). The molecule has 2 aliphatic heterocycles. The number of carbonyl (C=O) groups excluding carboxylic acids is 1. The SMILES string of the molecule is O=C(O)C(=O)N1CCc2cc(OCCCC3CCNCC3)ccc2C1. The Bertz CT molecular complexity index is 626. The van der Waals surface area contributed by atoms with Crippen molar-refractivity contribution in [1.29, 1.82) is 0 Å². The van der Waals surface area contributed by atoms with Crippen LogP contribution in [0.15, 0.2) is 18.2 Å². The second-order valence-corrected chi connectivity index (χ2v) is 6.90. The number of nitrogens with one attached hydrogen (secondary N) is 1. The Kier molecular flexibility index (Phi) is 5.91. The van der Waals surface area contributed by atoms with Crippen molar-refractivity contribution in [2.45, 2.75) is 38.6 Å². The second kappa shape index (κ2) is 8.34. The molecule has 2 heterocycles. The number of aliphatic carboxylic acids is 1. The lowest BCUT2D eigenvalue weighted by atomic mass is 9.93. The van der Waals surface area contributed by atoms with Crippen molar-refractivity contribution in [2.75, 3.05) is 26.2 Å². The van der Waals surface area contributed by atoms with Crippen molar-refractivity contribution in [3.05, 3.63) is 29.3 Å². The highest BCUT2D eigenvalue weighted by Crippen LogP contribution is 2.24. The van der Waals surface area contributed by atoms with Crippen molar-refractivity contribution in [2.24, 2.45) is 5.92 Å². The van der Waals surface area contributed by atoms with Crippen LogP contribution in [0.2, 0.25) is 0 Å². The van der Waals surface area contributed by atoms with E-state index < -0.39 is 11.9 Å². The number of hydrogen-bond donors (Lipinski definition) is 2. The van der Waals surface area contributed by atoms with E-state index in [2.05, 4.69) is 5.32 Å². The molecular weight excluding hydrogens is 320 g/mol. The first-order valence-corrected chi connectivity index (χ1v) is 9.11. The molecule has 1 aromatic rings. The van der Waals surface area contributed by atoms with Crippen LogP contribution in [0.3, 0.4) is 0 Å². The number of hydrogen-bond acceptors (Lipinski definition) is 4. The van der Waals surface area contributed by atoms with Crippen LogP contribution in [0.4, 0.5) is 0 Å². The van der Waals surface area contributed by atoms with Crippen LogP contribution in [0, 0.1) is 5.92 Å². The molecule has 1 aromatic carbocycles. The van der Waals surface area contributed by atoms with Gasteiger partial charge in [0.15, 0.2) is 0 Å². The summed E-state index contributed by atoms with van der Waals surface area (Å²) in [5.74, 6) is -0.533. The minimum absolute atomic E-state index is 0.358. The molecule has 0 saturated carbocycles. The lowest BCUT2D eigenvalue weighted by Crippen LogP contribution is -2.40. The van der Waals surface area contributed by atoms with E-state index in [-0.39, 0.29) is 0 Å². The van der Waals surface area contributed by atoms with E-state index in [4.69, 9.17) is 9.84 Å². The van der Waals surface area contributed by atoms with E-state index in [0.717, 1.165) is 48.9 Å². The maximum absolute atomic E-state index is 11.6. The predicted molar refractivity (Wildman–Crippen MR) is 93.5 cm³/mol. The maximum Gasteiger partial charge on any atom is 0.394 e. The Morgan fingerprint density at radius 1 is 1.24 bits per heavy atom. The van der Waals surface area contributed by atoms with Gasteiger partial charge in [0.1, 0.15) is 5.75 Å². The first-order valence-electron chi connectivity index (χ1n) is 9.11. The normalized spacial score (nSPS) is 17.8. The third kappa shape index (κ3) is 4.72. The molecule has 1 saturated heterocycles. The third-order valence-corrected chi connectivity index (χ3v) is 5.14. The quantitative estimate of drug-likeness (QED) is 0.628. The van der Waals surface area contributed by atoms with Gasteiger partial charge in [-0.2, -0.15) is 0 Å². The van der Waals surface area contributed by atoms with Gasteiger partial charge in [0.05, 0.1) is 6.61 Å². The zero-order chi connectivity index (χ0) is 17.6. The number of carboxylic acids is 1. The van der Waals surface area contributed by atoms with Gasteiger partial charge < -0.3 is 20.1 Å². The highest BCUT2D eigenvalue weighted by Gasteiger charge is 2.25. The lowest BCUT2D eigenvalue weighted by Gasteiger charge is -2.27. The van der Waals surface area contributed by atoms with Crippen LogP contribution in [0.25, 0.3) is 0 Å². The Morgan fingerprint density at radius 3 is 2.80 bits per heavy atom. The number of piperidine rings is 1. The van der Waals surface area contributed by atoms with E-state index in [0.29, 0.717) is 19.5 Å². The van der Waals surface area contributed by atoms with Crippen molar-refractivity contribution >= 4 is 11.9 Å². The highest BCUT2D eigenvalue weighted by atomic mass is 16.5. The average Bonchev–Trinajstić information content (AvgIpc) is 2.65. The number of ether oxygens (including phenoxy) is 1. The largest absolute Gasteiger partial charge is 0.494 e. The summed E-state index contributed by atoms with van der Waals surface area (Å²) in [5, 5.41) is 12.2. The first kappa shape index (κ1) is 17.7. The van der Waals surface area contributed by atoms with E-state index in [9.17, 15) is 9.59 Å². The minimum atomic E-state index is -1.39. The lowest BCUT2D eigenvalue weighted by molar-refractivity contribution is -0.156. The summed E-state index contributed by atoms with van der Waals surface area (Å²) in [7, 11) is 0. The fourth-order valence-corrected chi connectivity index (χ4v) is 3.66. The standard InChI is InChI=1S/C19H26N2O4/c22-18(19(23)24)21-10-7-15-12-17(4-3-16(15)13-21)25-11-1-2-14-5-8-20-9-6-14/h3-4,12,14,20H,1-2,5-11,13H2,(H,23,24). The van der Waals surface area contributed by atoms with Gasteiger partial charge in [0.2, 0.25) is 0 Å². The van der Waals surface area contributed by atoms with Gasteiger partial charge in [-0.05, 0) is 74.4 Å². The van der Waals surface area contributed by atoms with Crippen LogP contribution in [0.5, 0.6) is 5.75 Å². The molecule has 0 atom stereocenters. The number of carboxylic acid groups (broad SMARTS) is 1. The highest BCUT2D eigenvalue weighted by molar-refractivity contribution is 6.31. The van der Waals surface area contributed by atoms with Crippen LogP contribution in [0.1, 0.15) is 36.8 Å². The summed E-state index contributed by atoms with van der Waals surface area (Å²) < 4.78 is 5.89. The second-order valence-electron chi connectivity index (χ2n) is 6.90. The number of carbonyl (C=O) groups is 2. The van der Waals surface area contributed by atoms with Gasteiger partial charge in [-0.3, -0.25) is 4.79 Å². The van der Waals surface area contributed by atoms with Gasteiger partial charge in [0.25, 0.3) is 0 Å². The molecule has 2 N–H and O–H groups in total. The maximum atomic E-state index is 11.6. The summed E-state index contributed by atoms with van der Waals surface area (Å²) >= 11 is 0. The fraction of sp³-hybridized carbons (Fsp3) is 0.579. The van der Waals surface area contributed by atoms with Crippen molar-refractivity contribution < 1.29 is 19.4 Å². The zero-order valence-corrected chi connectivity index (χ0v) is 14.5. The van der Waals surface area contributed by atoms with E-state index in [1.165, 1.54) is 24.2 Å². The molecule has 136 valence electrons. The average molecular weight is 346 g/mol. The van der Waals surface area contributed by atoms with Gasteiger partial charge in [0, 0.05) is 13.1 Å². The van der Waals surface area contributed by atoms with Crippen LogP contribution in [-0.2, 0) is 22.6 Å². The molecule has 6 nitrogen and oxygen atoms in total. The Hall–Kier alpha value is -2.08. The predicted octanol–water partition coefficient (Wildman–Crippen LogP) is 1.81. The topological polar surface area (TPSA) is 78.9 Å². The summed E-state index contributed by atoms with van der Waals surface area (Å²) in [4.78, 5) is 23.8. The van der Waals surface area contributed by atoms with Gasteiger partial charge in [-0.15, -0.1) is 0 Å². The smallest absolute Gasteiger partial charge is 0.394 e. The molecule has 0 unspecified atom stereocenters. The Morgan fingerprint density at radius 2 is 2.04 bits per heavy atom. The first-order chi connectivity index (χ1) is 12.1. The van der Waals surface area contributed by atoms with Crippen LogP contribution < -0.4 is 10.1 Å². The van der Waals surface area contributed by atoms with Crippen molar-refractivity contribution in [3.63, 3.8) is 0 Å². The van der Waals surface area contributed by atoms with E-state index in [1.807, 2.05) is 18.2 Å². The molecule has 0 aromatic heterocycles. The summed E-state index contributed by atoms with van der Waals surface area (Å²) in [6, 6.07) is 5.89. The molecule has 6 heteroatoms. The van der Waals surface area contributed by atoms with Gasteiger partial charge in [-0.1, -0.05) is 6.07 Å². The number of fused-ring (bicyclic) bond motifs is 1. The molecule has 0 radical (unpaired) electrons. The van der Waals surface area contributed by atoms with Crippen LogP contribution in [-0.4, -0.2) is 48.1 Å². The van der Waals surface area contributed by atoms with Gasteiger partial charge in [-0.25, -0.2) is 4.79 Å². The van der Waals surface area contributed by atoms with E-state index in [1.54, 1.807) is 0 Å². The van der Waals surface area contributed by atoms with Crippen molar-refractivity contribution in [1.82, 2.24) is 10.2 Å². The van der Waals surface area contributed by atoms with Crippen LogP contribution >= 0.6 is 0 Å². The number of amides is 1. The Labute approximate surface area is 148 Å². The minimum Gasteiger partial charge on any atom is -0.494 e. The molecular formula is C19H26N2O4. The molecule has 0 spiro atoms. The molecule has 1 fully saturated rings. The zero-order valence-electron chi connectivity index (χ0n) is 14.5. The number of benzene rings is 1.